The predicted octanol–water partition coefficient (Wildman–Crippen LogP) is 2.79. The molecule has 1 fully saturated rings. The largest absolute Gasteiger partial charge is 0.394 e. The summed E-state index contributed by atoms with van der Waals surface area (Å²) in [5.41, 5.74) is 3.17. The summed E-state index contributed by atoms with van der Waals surface area (Å²) in [4.78, 5) is 1.98. The van der Waals surface area contributed by atoms with E-state index < -0.39 is 30.2 Å². The van der Waals surface area contributed by atoms with Crippen molar-refractivity contribution in [3.05, 3.63) is 83.4 Å². The first-order valence-corrected chi connectivity index (χ1v) is 10.3. The van der Waals surface area contributed by atoms with E-state index in [1.807, 2.05) is 4.90 Å². The van der Waals surface area contributed by atoms with Gasteiger partial charge in [-0.2, -0.15) is 0 Å². The Bertz CT molecular complexity index is 830. The van der Waals surface area contributed by atoms with Crippen LogP contribution in [0.4, 0.5) is 4.39 Å². The van der Waals surface area contributed by atoms with Crippen molar-refractivity contribution in [2.45, 2.75) is 50.7 Å². The molecule has 1 aromatic rings. The van der Waals surface area contributed by atoms with E-state index in [4.69, 9.17) is 4.74 Å². The Balaban J connectivity index is 1.93. The molecule has 2 aliphatic rings. The maximum absolute atomic E-state index is 14.2. The van der Waals surface area contributed by atoms with Crippen LogP contribution in [-0.2, 0) is 17.7 Å². The van der Waals surface area contributed by atoms with E-state index in [9.17, 15) is 19.7 Å². The monoisotopic (exact) mass is 415 g/mol. The van der Waals surface area contributed by atoms with Gasteiger partial charge in [-0.05, 0) is 35.3 Å². The van der Waals surface area contributed by atoms with Crippen molar-refractivity contribution in [3.63, 3.8) is 0 Å². The van der Waals surface area contributed by atoms with Gasteiger partial charge in [-0.25, -0.2) is 4.39 Å². The van der Waals surface area contributed by atoms with Gasteiger partial charge < -0.3 is 25.0 Å². The zero-order valence-electron chi connectivity index (χ0n) is 17.2. The number of rotatable bonds is 5. The second-order valence-electron chi connectivity index (χ2n) is 7.80. The van der Waals surface area contributed by atoms with E-state index in [0.717, 1.165) is 12.0 Å². The van der Waals surface area contributed by atoms with Crippen LogP contribution in [0.5, 0.6) is 0 Å². The Labute approximate surface area is 177 Å². The molecule has 2 heterocycles. The molecule has 0 saturated carbocycles. The Hall–Kier alpha value is -2.25. The van der Waals surface area contributed by atoms with Crippen LogP contribution in [0.25, 0.3) is 0 Å². The molecule has 0 amide bonds. The number of halogens is 1. The van der Waals surface area contributed by atoms with Crippen molar-refractivity contribution in [1.82, 2.24) is 4.90 Å². The lowest BCUT2D eigenvalue weighted by Gasteiger charge is -2.38. The molecule has 0 radical (unpaired) electrons. The molecule has 2 aliphatic heterocycles. The lowest BCUT2D eigenvalue weighted by atomic mass is 9.90. The summed E-state index contributed by atoms with van der Waals surface area (Å²) in [6.07, 6.45) is 3.50. The average Bonchev–Trinajstić information content (AvgIpc) is 2.80. The minimum absolute atomic E-state index is 0.132. The molecule has 3 rings (SSSR count). The number of allylic oxidation sites excluding steroid dienone is 3. The van der Waals surface area contributed by atoms with Gasteiger partial charge in [0.1, 0.15) is 18.0 Å². The number of benzene rings is 1. The molecule has 0 spiro atoms. The van der Waals surface area contributed by atoms with Gasteiger partial charge >= 0.3 is 0 Å². The van der Waals surface area contributed by atoms with Gasteiger partial charge in [0.25, 0.3) is 0 Å². The van der Waals surface area contributed by atoms with E-state index in [2.05, 4.69) is 37.8 Å². The number of aryl methyl sites for hydroxylation is 1. The lowest BCUT2D eigenvalue weighted by Crippen LogP contribution is -2.50. The van der Waals surface area contributed by atoms with Gasteiger partial charge in [-0.1, -0.05) is 43.8 Å². The first-order valence-electron chi connectivity index (χ1n) is 10.3. The minimum atomic E-state index is -1.20. The Kier molecular flexibility index (Phi) is 7.61. The van der Waals surface area contributed by atoms with E-state index >= 15 is 0 Å². The number of hydrogen-bond acceptors (Lipinski definition) is 5. The summed E-state index contributed by atoms with van der Waals surface area (Å²) in [6, 6.07) is 8.30. The molecule has 3 N–H and O–H groups in total. The van der Waals surface area contributed by atoms with Crippen LogP contribution in [0.2, 0.25) is 0 Å². The second kappa shape index (κ2) is 10.2. The maximum atomic E-state index is 14.2. The number of aliphatic hydroxyl groups is 3. The number of nitrogens with zero attached hydrogens (tertiary/aromatic N) is 1. The van der Waals surface area contributed by atoms with Crippen molar-refractivity contribution in [1.29, 1.82) is 0 Å². The molecule has 4 atom stereocenters. The summed E-state index contributed by atoms with van der Waals surface area (Å²) in [5.74, 6) is -0.454. The zero-order valence-corrected chi connectivity index (χ0v) is 17.2. The summed E-state index contributed by atoms with van der Waals surface area (Å²) < 4.78 is 20.1. The zero-order chi connectivity index (χ0) is 21.7. The molecule has 1 unspecified atom stereocenters. The Morgan fingerprint density at radius 1 is 1.20 bits per heavy atom. The van der Waals surface area contributed by atoms with E-state index in [1.165, 1.54) is 17.7 Å². The fraction of sp³-hybridized carbons (Fsp3) is 0.417. The van der Waals surface area contributed by atoms with Crippen LogP contribution in [-0.4, -0.2) is 57.8 Å². The summed E-state index contributed by atoms with van der Waals surface area (Å²) in [6.45, 7) is 6.80. The molecule has 6 heteroatoms. The molecule has 5 nitrogen and oxygen atoms in total. The van der Waals surface area contributed by atoms with Crippen molar-refractivity contribution >= 4 is 0 Å². The molecular weight excluding hydrogens is 385 g/mol. The molecule has 1 aromatic carbocycles. The van der Waals surface area contributed by atoms with E-state index in [-0.39, 0.29) is 13.0 Å². The van der Waals surface area contributed by atoms with Gasteiger partial charge in [0.15, 0.2) is 0 Å². The predicted molar refractivity (Wildman–Crippen MR) is 114 cm³/mol. The van der Waals surface area contributed by atoms with Crippen LogP contribution < -0.4 is 0 Å². The van der Waals surface area contributed by atoms with Gasteiger partial charge in [-0.15, -0.1) is 0 Å². The molecule has 0 aliphatic carbocycles. The van der Waals surface area contributed by atoms with Crippen LogP contribution in [0.15, 0.2) is 72.2 Å². The highest BCUT2D eigenvalue weighted by molar-refractivity contribution is 5.44. The van der Waals surface area contributed by atoms with Crippen LogP contribution in [0.1, 0.15) is 24.5 Å². The number of aliphatic hydroxyl groups excluding tert-OH is 3. The smallest absolute Gasteiger partial charge is 0.123 e. The van der Waals surface area contributed by atoms with Gasteiger partial charge in [0.05, 0.1) is 18.8 Å². The average molecular weight is 416 g/mol. The number of hydrogen-bond donors (Lipinski definition) is 3. The fourth-order valence-electron chi connectivity index (χ4n) is 3.74. The van der Waals surface area contributed by atoms with Gasteiger partial charge in [0, 0.05) is 31.3 Å². The normalized spacial score (nSPS) is 30.6. The van der Waals surface area contributed by atoms with Crippen molar-refractivity contribution < 1.29 is 24.4 Å². The first-order chi connectivity index (χ1) is 14.4. The summed E-state index contributed by atoms with van der Waals surface area (Å²) in [7, 11) is 0. The van der Waals surface area contributed by atoms with Gasteiger partial charge in [0.2, 0.25) is 0 Å². The second-order valence-corrected chi connectivity index (χ2v) is 7.80. The van der Waals surface area contributed by atoms with Crippen LogP contribution in [0.3, 0.4) is 0 Å². The molecule has 30 heavy (non-hydrogen) atoms. The topological polar surface area (TPSA) is 73.2 Å². The molecule has 1 saturated heterocycles. The standard InChI is InChI=1S/C24H30FNO4/c1-3-17-6-8-18(9-7-17)13-26-10-4-5-19(25)11-16(2)21(14-26)24-23(29)22(28)12-20(15-27)30-24/h4-9,11,14,20,22-24,27-29H,2-3,10,12-13,15H2,1H3/b5-4-,19-11+,21-14?/t20-,22-,23?,24-/m0/s1. The highest BCUT2D eigenvalue weighted by Gasteiger charge is 2.39. The summed E-state index contributed by atoms with van der Waals surface area (Å²) >= 11 is 0. The maximum Gasteiger partial charge on any atom is 0.123 e. The van der Waals surface area contributed by atoms with E-state index in [0.29, 0.717) is 24.2 Å². The molecule has 0 aromatic heterocycles. The molecule has 0 bridgehead atoms. The highest BCUT2D eigenvalue weighted by Crippen LogP contribution is 2.30. The third-order valence-corrected chi connectivity index (χ3v) is 5.50. The number of ether oxygens (including phenoxy) is 1. The first kappa shape index (κ1) is 22.4. The molecular formula is C24H30FNO4. The summed E-state index contributed by atoms with van der Waals surface area (Å²) in [5, 5.41) is 30.3. The van der Waals surface area contributed by atoms with E-state index in [1.54, 1.807) is 12.3 Å². The van der Waals surface area contributed by atoms with Crippen molar-refractivity contribution in [2.24, 2.45) is 0 Å². The Morgan fingerprint density at radius 2 is 1.90 bits per heavy atom. The lowest BCUT2D eigenvalue weighted by molar-refractivity contribution is -0.163. The highest BCUT2D eigenvalue weighted by atomic mass is 19.1. The third kappa shape index (κ3) is 5.46. The quantitative estimate of drug-likeness (QED) is 0.690. The minimum Gasteiger partial charge on any atom is -0.394 e. The fourth-order valence-corrected chi connectivity index (χ4v) is 3.74. The van der Waals surface area contributed by atoms with Crippen molar-refractivity contribution in [2.75, 3.05) is 13.2 Å². The van der Waals surface area contributed by atoms with Crippen molar-refractivity contribution in [3.8, 4) is 0 Å². The third-order valence-electron chi connectivity index (χ3n) is 5.50. The SMILES string of the molecule is C=C1/C=C(F)\C=C/CN(Cc2ccc(CC)cc2)C=C1[C@@H]1O[C@H](CO)C[C@H](O)C1O. The Morgan fingerprint density at radius 3 is 2.57 bits per heavy atom. The van der Waals surface area contributed by atoms with Crippen LogP contribution >= 0.6 is 0 Å². The van der Waals surface area contributed by atoms with Gasteiger partial charge in [-0.3, -0.25) is 0 Å². The van der Waals surface area contributed by atoms with Crippen LogP contribution in [0, 0.1) is 0 Å². The molecule has 162 valence electrons.